The van der Waals surface area contributed by atoms with E-state index in [1.165, 1.54) is 0 Å². The van der Waals surface area contributed by atoms with E-state index in [4.69, 9.17) is 5.41 Å². The number of fused-ring (bicyclic) bond motifs is 1. The molecule has 0 bridgehead atoms. The summed E-state index contributed by atoms with van der Waals surface area (Å²) in [5, 5.41) is 23.0. The molecular formula is C17H17N3O. The van der Waals surface area contributed by atoms with Crippen molar-refractivity contribution in [2.75, 3.05) is 0 Å². The Morgan fingerprint density at radius 1 is 1.05 bits per heavy atom. The average molecular weight is 279 g/mol. The molecule has 0 saturated carbocycles. The normalized spacial score (nSPS) is 11.0. The van der Waals surface area contributed by atoms with Crippen LogP contribution in [0.2, 0.25) is 0 Å². The highest BCUT2D eigenvalue weighted by Crippen LogP contribution is 2.26. The van der Waals surface area contributed by atoms with Crippen LogP contribution in [0.4, 0.5) is 0 Å². The zero-order valence-electron chi connectivity index (χ0n) is 12.3. The van der Waals surface area contributed by atoms with Crippen LogP contribution in [0.15, 0.2) is 36.5 Å². The minimum absolute atomic E-state index is 0.158. The van der Waals surface area contributed by atoms with Crippen LogP contribution in [-0.4, -0.2) is 20.4 Å². The Hall–Kier alpha value is -2.62. The topological polar surface area (TPSA) is 61.4 Å². The van der Waals surface area contributed by atoms with Crippen molar-refractivity contribution in [2.45, 2.75) is 20.8 Å². The Balaban J connectivity index is 2.19. The summed E-state index contributed by atoms with van der Waals surface area (Å²) in [6.07, 6.45) is 1.69. The van der Waals surface area contributed by atoms with Crippen LogP contribution in [0.1, 0.15) is 27.9 Å². The lowest BCUT2D eigenvalue weighted by atomic mass is 10.0. The number of pyridine rings is 1. The summed E-state index contributed by atoms with van der Waals surface area (Å²) in [4.78, 5) is 0. The predicted molar refractivity (Wildman–Crippen MR) is 83.4 cm³/mol. The zero-order valence-corrected chi connectivity index (χ0v) is 12.3. The molecule has 0 spiro atoms. The van der Waals surface area contributed by atoms with Crippen molar-refractivity contribution in [1.29, 1.82) is 5.41 Å². The van der Waals surface area contributed by atoms with Gasteiger partial charge in [-0.2, -0.15) is 5.10 Å². The lowest BCUT2D eigenvalue weighted by Crippen LogP contribution is -2.03. The largest absolute Gasteiger partial charge is 0.507 e. The fourth-order valence-corrected chi connectivity index (χ4v) is 2.48. The summed E-state index contributed by atoms with van der Waals surface area (Å²) in [5.41, 5.74) is 5.39. The number of phenolic OH excluding ortho intramolecular Hbond substituents is 1. The number of phenols is 1. The highest BCUT2D eigenvalue weighted by atomic mass is 16.3. The van der Waals surface area contributed by atoms with E-state index in [-0.39, 0.29) is 11.5 Å². The second-order valence-corrected chi connectivity index (χ2v) is 5.30. The van der Waals surface area contributed by atoms with E-state index < -0.39 is 0 Å². The minimum Gasteiger partial charge on any atom is -0.507 e. The summed E-state index contributed by atoms with van der Waals surface area (Å²) in [7, 11) is 0. The van der Waals surface area contributed by atoms with Crippen molar-refractivity contribution in [3.05, 3.63) is 64.5 Å². The third-order valence-electron chi connectivity index (χ3n) is 3.96. The molecule has 2 aromatic heterocycles. The first-order valence-electron chi connectivity index (χ1n) is 6.82. The van der Waals surface area contributed by atoms with Crippen molar-refractivity contribution in [1.82, 2.24) is 9.61 Å². The van der Waals surface area contributed by atoms with Gasteiger partial charge in [0.15, 0.2) is 0 Å². The van der Waals surface area contributed by atoms with Crippen LogP contribution in [-0.2, 0) is 0 Å². The van der Waals surface area contributed by atoms with Gasteiger partial charge in [0, 0.05) is 16.8 Å². The van der Waals surface area contributed by atoms with Crippen LogP contribution in [0.25, 0.3) is 5.52 Å². The second-order valence-electron chi connectivity index (χ2n) is 5.30. The summed E-state index contributed by atoms with van der Waals surface area (Å²) in [6.45, 7) is 5.87. The monoisotopic (exact) mass is 279 g/mol. The van der Waals surface area contributed by atoms with Gasteiger partial charge in [0.1, 0.15) is 5.75 Å². The Bertz CT molecular complexity index is 862. The molecule has 4 nitrogen and oxygen atoms in total. The Morgan fingerprint density at radius 2 is 1.81 bits per heavy atom. The molecule has 0 unspecified atom stereocenters. The fraction of sp³-hybridized carbons (Fsp3) is 0.176. The molecule has 0 fully saturated rings. The van der Waals surface area contributed by atoms with Crippen LogP contribution in [0.5, 0.6) is 5.75 Å². The Labute approximate surface area is 123 Å². The molecule has 1 aromatic carbocycles. The zero-order chi connectivity index (χ0) is 15.1. The average Bonchev–Trinajstić information content (AvgIpc) is 2.90. The quantitative estimate of drug-likeness (QED) is 0.706. The number of aryl methyl sites for hydroxylation is 3. The van der Waals surface area contributed by atoms with E-state index in [1.54, 1.807) is 12.3 Å². The summed E-state index contributed by atoms with van der Waals surface area (Å²) < 4.78 is 1.84. The van der Waals surface area contributed by atoms with Gasteiger partial charge < -0.3 is 5.11 Å². The highest BCUT2D eigenvalue weighted by molar-refractivity contribution is 6.16. The molecule has 21 heavy (non-hydrogen) atoms. The molecule has 0 aliphatic heterocycles. The maximum absolute atomic E-state index is 10.2. The van der Waals surface area contributed by atoms with Gasteiger partial charge >= 0.3 is 0 Å². The summed E-state index contributed by atoms with van der Waals surface area (Å²) in [6, 6.07) is 9.43. The lowest BCUT2D eigenvalue weighted by molar-refractivity contribution is 0.470. The molecule has 4 heteroatoms. The molecule has 2 heterocycles. The van der Waals surface area contributed by atoms with Crippen LogP contribution in [0, 0.1) is 26.2 Å². The van der Waals surface area contributed by atoms with Crippen molar-refractivity contribution in [3.63, 3.8) is 0 Å². The SMILES string of the molecule is Cc1cccc(C(=N)c2cnn3c(C)c(C)ccc23)c1O. The van der Waals surface area contributed by atoms with Crippen molar-refractivity contribution >= 4 is 11.2 Å². The number of rotatable bonds is 2. The van der Waals surface area contributed by atoms with Gasteiger partial charge in [0.05, 0.1) is 17.4 Å². The molecule has 2 N–H and O–H groups in total. The van der Waals surface area contributed by atoms with Gasteiger partial charge in [-0.3, -0.25) is 5.41 Å². The van der Waals surface area contributed by atoms with Gasteiger partial charge in [-0.25, -0.2) is 4.52 Å². The van der Waals surface area contributed by atoms with Gasteiger partial charge in [-0.15, -0.1) is 0 Å². The second kappa shape index (κ2) is 4.74. The van der Waals surface area contributed by atoms with E-state index >= 15 is 0 Å². The number of nitrogens with zero attached hydrogens (tertiary/aromatic N) is 2. The molecule has 0 amide bonds. The molecule has 0 aliphatic carbocycles. The first kappa shape index (κ1) is 13.4. The van der Waals surface area contributed by atoms with Crippen LogP contribution >= 0.6 is 0 Å². The third kappa shape index (κ3) is 2.00. The maximum atomic E-state index is 10.2. The number of aromatic nitrogens is 2. The van der Waals surface area contributed by atoms with E-state index in [9.17, 15) is 5.11 Å². The Kier molecular flexibility index (Phi) is 3.01. The molecule has 0 aliphatic rings. The number of benzene rings is 1. The van der Waals surface area contributed by atoms with E-state index in [2.05, 4.69) is 5.10 Å². The smallest absolute Gasteiger partial charge is 0.127 e. The standard InChI is InChI=1S/C17H17N3O/c1-10-7-8-15-14(9-19-20(15)12(10)3)16(18)13-6-4-5-11(2)17(13)21/h4-9,18,21H,1-3H3. The lowest BCUT2D eigenvalue weighted by Gasteiger charge is -2.08. The molecule has 0 radical (unpaired) electrons. The Morgan fingerprint density at radius 3 is 2.57 bits per heavy atom. The van der Waals surface area contributed by atoms with Gasteiger partial charge in [-0.05, 0) is 44.0 Å². The summed E-state index contributed by atoms with van der Waals surface area (Å²) in [5.74, 6) is 0.158. The number of hydrogen-bond donors (Lipinski definition) is 2. The van der Waals surface area contributed by atoms with Gasteiger partial charge in [-0.1, -0.05) is 18.2 Å². The molecule has 0 saturated heterocycles. The molecule has 106 valence electrons. The number of hydrogen-bond acceptors (Lipinski definition) is 3. The van der Waals surface area contributed by atoms with Gasteiger partial charge in [0.2, 0.25) is 0 Å². The maximum Gasteiger partial charge on any atom is 0.127 e. The molecule has 0 atom stereocenters. The third-order valence-corrected chi connectivity index (χ3v) is 3.96. The van der Waals surface area contributed by atoms with Crippen molar-refractivity contribution in [3.8, 4) is 5.75 Å². The van der Waals surface area contributed by atoms with Crippen LogP contribution in [0.3, 0.4) is 0 Å². The highest BCUT2D eigenvalue weighted by Gasteiger charge is 2.16. The van der Waals surface area contributed by atoms with Crippen molar-refractivity contribution < 1.29 is 5.11 Å². The molecule has 3 rings (SSSR count). The number of nitrogens with one attached hydrogen (secondary N) is 1. The fourth-order valence-electron chi connectivity index (χ4n) is 2.48. The first-order valence-corrected chi connectivity index (χ1v) is 6.82. The van der Waals surface area contributed by atoms with E-state index in [0.717, 1.165) is 27.9 Å². The molecular weight excluding hydrogens is 262 g/mol. The molecule has 3 aromatic rings. The van der Waals surface area contributed by atoms with E-state index in [1.807, 2.05) is 49.6 Å². The predicted octanol–water partition coefficient (Wildman–Crippen LogP) is 3.38. The first-order chi connectivity index (χ1) is 10.0. The minimum atomic E-state index is 0.158. The summed E-state index contributed by atoms with van der Waals surface area (Å²) >= 11 is 0. The van der Waals surface area contributed by atoms with E-state index in [0.29, 0.717) is 5.56 Å². The van der Waals surface area contributed by atoms with Gasteiger partial charge in [0.25, 0.3) is 0 Å². The number of aromatic hydroxyl groups is 1. The van der Waals surface area contributed by atoms with Crippen LogP contribution < -0.4 is 0 Å². The van der Waals surface area contributed by atoms with Crippen molar-refractivity contribution in [2.24, 2.45) is 0 Å². The number of para-hydroxylation sites is 1.